The van der Waals surface area contributed by atoms with Gasteiger partial charge in [0.15, 0.2) is 0 Å². The quantitative estimate of drug-likeness (QED) is 0.120. The number of para-hydroxylation sites is 1. The lowest BCUT2D eigenvalue weighted by Crippen LogP contribution is -2.58. The average Bonchev–Trinajstić information content (AvgIpc) is 3.89. The molecule has 0 bridgehead atoms. The summed E-state index contributed by atoms with van der Waals surface area (Å²) >= 11 is 3.23. The molecule has 3 amide bonds. The molecule has 5 aromatic rings. The molecule has 4 atom stereocenters. The van der Waals surface area contributed by atoms with Gasteiger partial charge in [-0.05, 0) is 92.7 Å². The van der Waals surface area contributed by atoms with Gasteiger partial charge in [-0.3, -0.25) is 14.4 Å². The fourth-order valence-electron chi connectivity index (χ4n) is 8.14. The van der Waals surface area contributed by atoms with Crippen LogP contribution in [0.15, 0.2) is 60.1 Å². The maximum absolute atomic E-state index is 14.3. The van der Waals surface area contributed by atoms with E-state index in [0.29, 0.717) is 24.1 Å². The van der Waals surface area contributed by atoms with Gasteiger partial charge in [-0.1, -0.05) is 57.2 Å². The lowest BCUT2D eigenvalue weighted by Gasteiger charge is -2.37. The molecule has 4 N–H and O–H groups in total. The highest BCUT2D eigenvalue weighted by Gasteiger charge is 2.45. The van der Waals surface area contributed by atoms with Crippen LogP contribution in [0, 0.1) is 25.2 Å². The molecule has 13 heteroatoms. The van der Waals surface area contributed by atoms with Crippen molar-refractivity contribution in [3.63, 3.8) is 0 Å². The Morgan fingerprint density at radius 3 is 2.32 bits per heavy atom. The number of rotatable bonds is 9. The number of aryl methyl sites for hydroxylation is 2. The fraction of sp³-hybridized carbons (Fsp3) is 0.442. The van der Waals surface area contributed by atoms with Crippen LogP contribution in [-0.2, 0) is 14.4 Å². The SMILES string of the molecule is Cc1ncsc1-c1ccc([C@H](C)NC(=O)[C@@H]2C[C@@H](O)CN2C(=O)[C@@H](NC(=O)C2CCC(c3sc4nnc(-c5ccccc5O)cc4c3C)CC2)C(C)(C)C)cc1. The van der Waals surface area contributed by atoms with Crippen molar-refractivity contribution < 1.29 is 24.6 Å². The molecule has 294 valence electrons. The number of aromatic hydroxyl groups is 1. The molecule has 1 saturated carbocycles. The number of hydrogen-bond donors (Lipinski definition) is 4. The van der Waals surface area contributed by atoms with E-state index in [4.69, 9.17) is 0 Å². The number of aliphatic hydroxyl groups is 1. The Labute approximate surface area is 335 Å². The van der Waals surface area contributed by atoms with Crippen molar-refractivity contribution in [3.05, 3.63) is 81.8 Å². The maximum atomic E-state index is 14.3. The molecule has 11 nitrogen and oxygen atoms in total. The lowest BCUT2D eigenvalue weighted by atomic mass is 9.79. The number of nitrogens with zero attached hydrogens (tertiary/aromatic N) is 4. The summed E-state index contributed by atoms with van der Waals surface area (Å²) in [6.45, 7) is 11.7. The van der Waals surface area contributed by atoms with Crippen molar-refractivity contribution in [2.45, 2.75) is 104 Å². The number of phenolic OH excluding ortho intramolecular Hbond substituents is 1. The van der Waals surface area contributed by atoms with Crippen molar-refractivity contribution >= 4 is 50.6 Å². The molecular formula is C43H50N6O5S2. The zero-order chi connectivity index (χ0) is 39.9. The number of thiophene rings is 1. The lowest BCUT2D eigenvalue weighted by molar-refractivity contribution is -0.144. The molecule has 1 saturated heterocycles. The molecule has 0 radical (unpaired) electrons. The Kier molecular flexibility index (Phi) is 11.3. The Bertz CT molecular complexity index is 2240. The van der Waals surface area contributed by atoms with Crippen LogP contribution in [0.4, 0.5) is 0 Å². The van der Waals surface area contributed by atoms with Crippen molar-refractivity contribution in [2.24, 2.45) is 11.3 Å². The predicted octanol–water partition coefficient (Wildman–Crippen LogP) is 7.45. The van der Waals surface area contributed by atoms with Crippen LogP contribution in [-0.4, -0.2) is 72.7 Å². The van der Waals surface area contributed by atoms with Gasteiger partial charge in [0.1, 0.15) is 22.7 Å². The molecule has 1 aliphatic heterocycles. The van der Waals surface area contributed by atoms with Crippen LogP contribution in [0.5, 0.6) is 5.75 Å². The smallest absolute Gasteiger partial charge is 0.246 e. The summed E-state index contributed by atoms with van der Waals surface area (Å²) in [6.07, 6.45) is 2.29. The number of hydrogen-bond acceptors (Lipinski definition) is 10. The molecule has 2 aromatic carbocycles. The van der Waals surface area contributed by atoms with Gasteiger partial charge in [0.05, 0.1) is 33.9 Å². The van der Waals surface area contributed by atoms with Gasteiger partial charge in [-0.15, -0.1) is 32.9 Å². The highest BCUT2D eigenvalue weighted by atomic mass is 32.1. The molecule has 3 aromatic heterocycles. The van der Waals surface area contributed by atoms with E-state index in [0.717, 1.165) is 50.3 Å². The van der Waals surface area contributed by atoms with Crippen molar-refractivity contribution in [2.75, 3.05) is 6.54 Å². The second kappa shape index (κ2) is 16.0. The molecule has 7 rings (SSSR count). The fourth-order valence-corrected chi connectivity index (χ4v) is 10.2. The number of aliphatic hydroxyl groups excluding tert-OH is 1. The Morgan fingerprint density at radius 1 is 0.946 bits per heavy atom. The Balaban J connectivity index is 0.986. The maximum Gasteiger partial charge on any atom is 0.246 e. The monoisotopic (exact) mass is 794 g/mol. The molecule has 0 spiro atoms. The van der Waals surface area contributed by atoms with E-state index in [-0.39, 0.29) is 54.3 Å². The second-order valence-electron chi connectivity index (χ2n) is 16.4. The summed E-state index contributed by atoms with van der Waals surface area (Å²) in [7, 11) is 0. The number of fused-ring (bicyclic) bond motifs is 1. The zero-order valence-electron chi connectivity index (χ0n) is 32.7. The van der Waals surface area contributed by atoms with E-state index >= 15 is 0 Å². The van der Waals surface area contributed by atoms with E-state index < -0.39 is 23.6 Å². The van der Waals surface area contributed by atoms with Gasteiger partial charge in [0, 0.05) is 34.7 Å². The minimum Gasteiger partial charge on any atom is -0.507 e. The summed E-state index contributed by atoms with van der Waals surface area (Å²) in [5, 5.41) is 37.2. The van der Waals surface area contributed by atoms with Crippen LogP contribution in [0.25, 0.3) is 31.9 Å². The number of nitrogens with one attached hydrogen (secondary N) is 2. The first-order valence-corrected chi connectivity index (χ1v) is 21.0. The van der Waals surface area contributed by atoms with E-state index in [2.05, 4.69) is 32.7 Å². The van der Waals surface area contributed by atoms with Gasteiger partial charge >= 0.3 is 0 Å². The molecule has 0 unspecified atom stereocenters. The average molecular weight is 795 g/mol. The van der Waals surface area contributed by atoms with E-state index in [1.165, 1.54) is 9.78 Å². The second-order valence-corrected chi connectivity index (χ2v) is 18.3. The molecule has 56 heavy (non-hydrogen) atoms. The van der Waals surface area contributed by atoms with Crippen molar-refractivity contribution in [1.29, 1.82) is 0 Å². The molecular weight excluding hydrogens is 745 g/mol. The number of benzene rings is 2. The van der Waals surface area contributed by atoms with Gasteiger partial charge in [-0.2, -0.15) is 0 Å². The molecule has 2 aliphatic rings. The zero-order valence-corrected chi connectivity index (χ0v) is 34.3. The number of phenols is 1. The number of thiazole rings is 1. The number of carbonyl (C=O) groups excluding carboxylic acids is 3. The summed E-state index contributed by atoms with van der Waals surface area (Å²) in [4.78, 5) is 50.9. The third-order valence-electron chi connectivity index (χ3n) is 11.4. The largest absolute Gasteiger partial charge is 0.507 e. The minimum atomic E-state index is -0.879. The standard InChI is InChI=1S/C43H50N6O5S2/c1-23-32-20-33(31-9-7-8-10-35(31)51)47-48-41(32)56-36(23)27-15-17-29(18-16-27)39(52)46-38(43(4,5)6)42(54)49-21-30(50)19-34(49)40(53)45-24(2)26-11-13-28(14-12-26)37-25(3)44-22-55-37/h7-14,20,22,24,27,29-30,34,38,50-51H,15-19,21H2,1-6H3,(H,45,53)(H,46,52)/t24-,27?,29?,30+,34-,38+/m0/s1. The van der Waals surface area contributed by atoms with Gasteiger partial charge in [-0.25, -0.2) is 4.98 Å². The highest BCUT2D eigenvalue weighted by Crippen LogP contribution is 2.44. The summed E-state index contributed by atoms with van der Waals surface area (Å²) in [5.41, 5.74) is 6.56. The number of aromatic nitrogens is 3. The van der Waals surface area contributed by atoms with Gasteiger partial charge in [0.2, 0.25) is 17.7 Å². The normalized spacial score (nSPS) is 21.2. The van der Waals surface area contributed by atoms with Crippen molar-refractivity contribution in [1.82, 2.24) is 30.7 Å². The van der Waals surface area contributed by atoms with Gasteiger partial charge in [0.25, 0.3) is 0 Å². The molecule has 4 heterocycles. The first kappa shape index (κ1) is 39.5. The van der Waals surface area contributed by atoms with E-state index in [1.54, 1.807) is 34.8 Å². The minimum absolute atomic E-state index is 0.0225. The topological polar surface area (TPSA) is 158 Å². The summed E-state index contributed by atoms with van der Waals surface area (Å²) in [5.74, 6) is -0.663. The summed E-state index contributed by atoms with van der Waals surface area (Å²) < 4.78 is 0. The number of amides is 3. The van der Waals surface area contributed by atoms with E-state index in [9.17, 15) is 24.6 Å². The van der Waals surface area contributed by atoms with Crippen LogP contribution < -0.4 is 10.6 Å². The Morgan fingerprint density at radius 2 is 1.66 bits per heavy atom. The number of likely N-dealkylation sites (tertiary alicyclic amines) is 1. The first-order valence-electron chi connectivity index (χ1n) is 19.3. The molecule has 2 fully saturated rings. The number of carbonyl (C=O) groups is 3. The first-order chi connectivity index (χ1) is 26.7. The van der Waals surface area contributed by atoms with Crippen molar-refractivity contribution in [3.8, 4) is 27.4 Å². The highest BCUT2D eigenvalue weighted by molar-refractivity contribution is 7.19. The predicted molar refractivity (Wildman–Crippen MR) is 220 cm³/mol. The summed E-state index contributed by atoms with van der Waals surface area (Å²) in [6, 6.07) is 15.0. The van der Waals surface area contributed by atoms with Crippen LogP contribution in [0.3, 0.4) is 0 Å². The molecule has 1 aliphatic carbocycles. The van der Waals surface area contributed by atoms with Crippen LogP contribution >= 0.6 is 22.7 Å². The van der Waals surface area contributed by atoms with E-state index in [1.807, 2.05) is 82.6 Å². The Hall–Kier alpha value is -4.72. The number of β-amino-alcohol motifs (C(OH)–C–C–N with tert-alkyl or cyclic N) is 1. The third kappa shape index (κ3) is 8.07. The third-order valence-corrected chi connectivity index (χ3v) is 13.8. The van der Waals surface area contributed by atoms with Crippen LogP contribution in [0.1, 0.15) is 93.5 Å². The van der Waals surface area contributed by atoms with Gasteiger partial charge < -0.3 is 25.7 Å². The van der Waals surface area contributed by atoms with Crippen LogP contribution in [0.2, 0.25) is 0 Å².